The number of likely N-dealkylation sites (N-methyl/N-ethyl adjacent to an activating group) is 1. The molecule has 6 heteroatoms. The van der Waals surface area contributed by atoms with Crippen LogP contribution in [0.2, 0.25) is 0 Å². The van der Waals surface area contributed by atoms with Crippen molar-refractivity contribution in [2.24, 2.45) is 0 Å². The van der Waals surface area contributed by atoms with Gasteiger partial charge in [0.1, 0.15) is 23.6 Å². The maximum atomic E-state index is 12.5. The van der Waals surface area contributed by atoms with E-state index < -0.39 is 17.8 Å². The number of nitrogens with zero attached hydrogens (tertiary/aromatic N) is 1. The van der Waals surface area contributed by atoms with Gasteiger partial charge in [0.05, 0.1) is 12.1 Å². The summed E-state index contributed by atoms with van der Waals surface area (Å²) in [5.74, 6) is 0.731. The molecule has 1 aliphatic carbocycles. The van der Waals surface area contributed by atoms with E-state index in [4.69, 9.17) is 9.47 Å². The molecular weight excluding hydrogens is 392 g/mol. The van der Waals surface area contributed by atoms with Crippen molar-refractivity contribution in [2.45, 2.75) is 70.1 Å². The normalized spacial score (nSPS) is 23.9. The van der Waals surface area contributed by atoms with E-state index in [0.717, 1.165) is 11.3 Å². The second-order valence-electron chi connectivity index (χ2n) is 9.18. The third-order valence-electron chi connectivity index (χ3n) is 5.42. The highest BCUT2D eigenvalue weighted by Crippen LogP contribution is 2.28. The molecule has 2 N–H and O–H groups in total. The number of aliphatic hydroxyl groups is 1. The number of nitrogens with one attached hydrogen (secondary N) is 1. The Balaban J connectivity index is 1.76. The van der Waals surface area contributed by atoms with Crippen LogP contribution in [0.1, 0.15) is 39.2 Å². The topological polar surface area (TPSA) is 71.0 Å². The van der Waals surface area contributed by atoms with Gasteiger partial charge in [0, 0.05) is 6.54 Å². The van der Waals surface area contributed by atoms with Gasteiger partial charge in [-0.25, -0.2) is 4.79 Å². The Bertz CT molecular complexity index is 822. The molecular formula is C25H34N2O4. The molecule has 168 valence electrons. The average Bonchev–Trinajstić information content (AvgIpc) is 2.70. The van der Waals surface area contributed by atoms with Crippen molar-refractivity contribution >= 4 is 6.09 Å². The number of rotatable bonds is 6. The van der Waals surface area contributed by atoms with Crippen LogP contribution in [0.3, 0.4) is 0 Å². The third kappa shape index (κ3) is 6.71. The first-order chi connectivity index (χ1) is 14.7. The van der Waals surface area contributed by atoms with Gasteiger partial charge >= 0.3 is 6.09 Å². The summed E-state index contributed by atoms with van der Waals surface area (Å²) in [6.07, 6.45) is -0.292. The Hall–Kier alpha value is -2.57. The van der Waals surface area contributed by atoms with Crippen molar-refractivity contribution in [2.75, 3.05) is 7.05 Å². The number of benzene rings is 2. The van der Waals surface area contributed by atoms with Gasteiger partial charge in [0.25, 0.3) is 0 Å². The first-order valence-corrected chi connectivity index (χ1v) is 10.9. The third-order valence-corrected chi connectivity index (χ3v) is 5.42. The number of aliphatic hydroxyl groups excluding tert-OH is 1. The Morgan fingerprint density at radius 3 is 2.29 bits per heavy atom. The van der Waals surface area contributed by atoms with Gasteiger partial charge in [-0.3, -0.25) is 4.90 Å². The SMILES string of the molecule is CN(Cc1ccccc1)[C@@H]1[C@@H](O)[C@H](Oc2ccccc2)CC[C@H]1NC(=O)OC(C)(C)C. The van der Waals surface area contributed by atoms with Gasteiger partial charge in [-0.15, -0.1) is 0 Å². The zero-order valence-corrected chi connectivity index (χ0v) is 18.8. The summed E-state index contributed by atoms with van der Waals surface area (Å²) in [5, 5.41) is 14.3. The van der Waals surface area contributed by atoms with Crippen molar-refractivity contribution < 1.29 is 19.4 Å². The molecule has 3 rings (SSSR count). The van der Waals surface area contributed by atoms with E-state index in [-0.39, 0.29) is 18.2 Å². The first-order valence-electron chi connectivity index (χ1n) is 10.9. The monoisotopic (exact) mass is 426 g/mol. The van der Waals surface area contributed by atoms with E-state index in [0.29, 0.717) is 19.4 Å². The molecule has 0 bridgehead atoms. The van der Waals surface area contributed by atoms with Crippen LogP contribution in [-0.2, 0) is 11.3 Å². The summed E-state index contributed by atoms with van der Waals surface area (Å²) >= 11 is 0. The van der Waals surface area contributed by atoms with Crippen LogP contribution in [0.5, 0.6) is 5.75 Å². The quantitative estimate of drug-likeness (QED) is 0.731. The molecule has 1 aliphatic rings. The Morgan fingerprint density at radius 2 is 1.68 bits per heavy atom. The Kier molecular flexibility index (Phi) is 7.57. The molecule has 0 heterocycles. The summed E-state index contributed by atoms with van der Waals surface area (Å²) in [7, 11) is 1.97. The van der Waals surface area contributed by atoms with Crippen LogP contribution in [0.4, 0.5) is 4.79 Å². The molecule has 2 aromatic carbocycles. The van der Waals surface area contributed by atoms with Crippen molar-refractivity contribution in [3.63, 3.8) is 0 Å². The number of ether oxygens (including phenoxy) is 2. The number of carbonyl (C=O) groups is 1. The summed E-state index contributed by atoms with van der Waals surface area (Å²) in [6.45, 7) is 6.16. The van der Waals surface area contributed by atoms with Crippen LogP contribution in [0.15, 0.2) is 60.7 Å². The fourth-order valence-corrected chi connectivity index (χ4v) is 4.11. The second kappa shape index (κ2) is 10.2. The van der Waals surface area contributed by atoms with Crippen LogP contribution in [0.25, 0.3) is 0 Å². The minimum absolute atomic E-state index is 0.255. The smallest absolute Gasteiger partial charge is 0.407 e. The lowest BCUT2D eigenvalue weighted by Gasteiger charge is -2.44. The average molecular weight is 427 g/mol. The second-order valence-corrected chi connectivity index (χ2v) is 9.18. The molecule has 0 radical (unpaired) electrons. The molecule has 0 aromatic heterocycles. The molecule has 1 saturated carbocycles. The molecule has 6 nitrogen and oxygen atoms in total. The highest BCUT2D eigenvalue weighted by atomic mass is 16.6. The van der Waals surface area contributed by atoms with Crippen molar-refractivity contribution in [1.82, 2.24) is 10.2 Å². The Labute approximate surface area is 185 Å². The molecule has 2 aromatic rings. The van der Waals surface area contributed by atoms with Gasteiger partial charge in [-0.05, 0) is 58.4 Å². The summed E-state index contributed by atoms with van der Waals surface area (Å²) in [6, 6.07) is 19.0. The van der Waals surface area contributed by atoms with Gasteiger partial charge in [-0.1, -0.05) is 48.5 Å². The van der Waals surface area contributed by atoms with Crippen molar-refractivity contribution in [3.05, 3.63) is 66.2 Å². The fraction of sp³-hybridized carbons (Fsp3) is 0.480. The molecule has 0 saturated heterocycles. The van der Waals surface area contributed by atoms with Crippen LogP contribution < -0.4 is 10.1 Å². The number of amides is 1. The fourth-order valence-electron chi connectivity index (χ4n) is 4.11. The summed E-state index contributed by atoms with van der Waals surface area (Å²) < 4.78 is 11.6. The maximum Gasteiger partial charge on any atom is 0.407 e. The highest BCUT2D eigenvalue weighted by Gasteiger charge is 2.43. The van der Waals surface area contributed by atoms with Gasteiger partial charge in [0.2, 0.25) is 0 Å². The van der Waals surface area contributed by atoms with E-state index in [2.05, 4.69) is 22.3 Å². The zero-order chi connectivity index (χ0) is 22.4. The minimum atomic E-state index is -0.775. The van der Waals surface area contributed by atoms with E-state index in [1.165, 1.54) is 0 Å². The lowest BCUT2D eigenvalue weighted by Crippen LogP contribution is -2.63. The predicted molar refractivity (Wildman–Crippen MR) is 121 cm³/mol. The van der Waals surface area contributed by atoms with Crippen LogP contribution >= 0.6 is 0 Å². The molecule has 0 aliphatic heterocycles. The summed E-state index contributed by atoms with van der Waals surface area (Å²) in [4.78, 5) is 14.6. The highest BCUT2D eigenvalue weighted by molar-refractivity contribution is 5.68. The molecule has 31 heavy (non-hydrogen) atoms. The van der Waals surface area contributed by atoms with E-state index in [1.807, 2.05) is 76.3 Å². The van der Waals surface area contributed by atoms with Crippen LogP contribution in [-0.4, -0.2) is 53.0 Å². The minimum Gasteiger partial charge on any atom is -0.488 e. The van der Waals surface area contributed by atoms with Gasteiger partial charge in [-0.2, -0.15) is 0 Å². The van der Waals surface area contributed by atoms with Crippen molar-refractivity contribution in [3.8, 4) is 5.75 Å². The lowest BCUT2D eigenvalue weighted by molar-refractivity contribution is -0.0632. The lowest BCUT2D eigenvalue weighted by atomic mass is 9.84. The first kappa shape index (κ1) is 23.1. The summed E-state index contributed by atoms with van der Waals surface area (Å²) in [5.41, 5.74) is 0.557. The number of carbonyl (C=O) groups excluding carboxylic acids is 1. The van der Waals surface area contributed by atoms with Crippen LogP contribution in [0, 0.1) is 0 Å². The standard InChI is InChI=1S/C25H34N2O4/c1-25(2,3)31-24(29)26-20-15-16-21(30-19-13-9-6-10-14-19)23(28)22(20)27(4)17-18-11-7-5-8-12-18/h5-14,20-23,28H,15-17H2,1-4H3,(H,26,29)/t20-,21-,22+,23+/m1/s1. The van der Waals surface area contributed by atoms with E-state index in [1.54, 1.807) is 0 Å². The number of para-hydroxylation sites is 1. The molecule has 1 amide bonds. The maximum absolute atomic E-state index is 12.5. The zero-order valence-electron chi connectivity index (χ0n) is 18.8. The van der Waals surface area contributed by atoms with Gasteiger partial charge in [0.15, 0.2) is 0 Å². The number of hydrogen-bond acceptors (Lipinski definition) is 5. The van der Waals surface area contributed by atoms with Gasteiger partial charge < -0.3 is 19.9 Å². The number of alkyl carbamates (subject to hydrolysis) is 1. The van der Waals surface area contributed by atoms with Crippen molar-refractivity contribution in [1.29, 1.82) is 0 Å². The predicted octanol–water partition coefficient (Wildman–Crippen LogP) is 3.98. The Morgan fingerprint density at radius 1 is 1.06 bits per heavy atom. The largest absolute Gasteiger partial charge is 0.488 e. The number of hydrogen-bond donors (Lipinski definition) is 2. The van der Waals surface area contributed by atoms with E-state index >= 15 is 0 Å². The molecule has 4 atom stereocenters. The molecule has 0 unspecified atom stereocenters. The molecule has 0 spiro atoms. The van der Waals surface area contributed by atoms with E-state index in [9.17, 15) is 9.90 Å². The molecule has 1 fully saturated rings.